The number of alkyl carbamates (subject to hydrolysis) is 1. The van der Waals surface area contributed by atoms with Crippen LogP contribution < -0.4 is 16.4 Å². The predicted octanol–water partition coefficient (Wildman–Crippen LogP) is 6.27. The minimum absolute atomic E-state index is 0.0201. The van der Waals surface area contributed by atoms with E-state index in [-0.39, 0.29) is 31.6 Å². The van der Waals surface area contributed by atoms with Crippen LogP contribution in [-0.4, -0.2) is 50.9 Å². The lowest BCUT2D eigenvalue weighted by Crippen LogP contribution is -2.49. The van der Waals surface area contributed by atoms with Gasteiger partial charge in [0.2, 0.25) is 19.2 Å². The minimum Gasteiger partial charge on any atom is -0.445 e. The molecule has 6 aromatic rings. The van der Waals surface area contributed by atoms with Crippen molar-refractivity contribution < 1.29 is 33.1 Å². The Morgan fingerprint density at radius 1 is 0.870 bits per heavy atom. The van der Waals surface area contributed by atoms with E-state index < -0.39 is 49.2 Å². The number of aryl methyl sites for hydroxylation is 1. The summed E-state index contributed by atoms with van der Waals surface area (Å²) in [5.41, 5.74) is 11.2. The Kier molecular flexibility index (Phi) is 12.1. The number of carbonyl (C=O) groups excluding carboxylic acids is 3. The molecule has 0 radical (unpaired) electrons. The Hall–Kier alpha value is -5.97. The predicted molar refractivity (Wildman–Crippen MR) is 205 cm³/mol. The number of primary amides is 1. The molecule has 6 rings (SSSR count). The summed E-state index contributed by atoms with van der Waals surface area (Å²) in [7, 11) is -4.43. The molecule has 2 aromatic heterocycles. The van der Waals surface area contributed by atoms with Gasteiger partial charge in [0.25, 0.3) is 0 Å². The highest BCUT2D eigenvalue weighted by molar-refractivity contribution is 7.58. The number of hydrogen-bond donors (Lipinski definition) is 5. The summed E-state index contributed by atoms with van der Waals surface area (Å²) in [5.74, 6) is -3.70. The smallest absolute Gasteiger partial charge is 0.408 e. The minimum atomic E-state index is -4.43. The summed E-state index contributed by atoms with van der Waals surface area (Å²) in [6.07, 6.45) is 0.219. The number of H-pyrrole nitrogens is 1. The topological polar surface area (TPSA) is 190 Å². The van der Waals surface area contributed by atoms with Crippen LogP contribution in [0.5, 0.6) is 0 Å². The zero-order valence-electron chi connectivity index (χ0n) is 29.7. The van der Waals surface area contributed by atoms with Crippen LogP contribution in [0.2, 0.25) is 0 Å². The maximum atomic E-state index is 14.5. The van der Waals surface area contributed by atoms with Crippen molar-refractivity contribution in [1.82, 2.24) is 20.8 Å². The van der Waals surface area contributed by atoms with Gasteiger partial charge >= 0.3 is 6.09 Å². The third-order valence-electron chi connectivity index (χ3n) is 9.22. The van der Waals surface area contributed by atoms with Gasteiger partial charge < -0.3 is 35.5 Å². The summed E-state index contributed by atoms with van der Waals surface area (Å²) >= 11 is 0. The lowest BCUT2D eigenvalue weighted by molar-refractivity contribution is -0.129. The maximum Gasteiger partial charge on any atom is 0.408 e. The molecule has 0 aliphatic carbocycles. The molecule has 6 N–H and O–H groups in total. The zero-order chi connectivity index (χ0) is 38.1. The Morgan fingerprint density at radius 3 is 2.24 bits per heavy atom. The molecule has 0 fully saturated rings. The molecule has 12 nitrogen and oxygen atoms in total. The fourth-order valence-corrected chi connectivity index (χ4v) is 8.25. The summed E-state index contributed by atoms with van der Waals surface area (Å²) < 4.78 is 25.5. The first-order valence-electron chi connectivity index (χ1n) is 17.5. The number of para-hydroxylation sites is 1. The van der Waals surface area contributed by atoms with Crippen molar-refractivity contribution >= 4 is 36.2 Å². The zero-order valence-corrected chi connectivity index (χ0v) is 30.6. The number of nitrogens with zero attached hydrogens (tertiary/aromatic N) is 1. The monoisotopic (exact) mass is 747 g/mol. The Morgan fingerprint density at radius 2 is 1.54 bits per heavy atom. The van der Waals surface area contributed by atoms with Crippen LogP contribution in [0, 0.1) is 12.8 Å². The third-order valence-corrected chi connectivity index (χ3v) is 11.5. The number of fused-ring (bicyclic) bond motifs is 1. The number of hydrogen-bond acceptors (Lipinski definition) is 7. The second kappa shape index (κ2) is 17.2. The highest BCUT2D eigenvalue weighted by Crippen LogP contribution is 2.48. The standard InChI is InChI=1S/C41H42N5O7P/c1-27-16-18-30(19-17-27)36-23-33(53-46-36)21-32(40(48)44-37(39(42)47)22-31-24-43-35-15-9-8-14-34(31)35)26-54(50,51)38(20-28-10-4-2-5-11-28)45-41(49)52-25-29-12-6-3-7-13-29/h2-19,23-24,32,37-38,43H,20-22,25-26H2,1H3,(H2,42,47)(H,44,48)(H,45,49)(H,50,51)/t32?,37-,38+/m0/s1. The summed E-state index contributed by atoms with van der Waals surface area (Å²) in [5, 5.41) is 10.4. The first-order valence-corrected chi connectivity index (χ1v) is 19.5. The van der Waals surface area contributed by atoms with Crippen LogP contribution in [0.4, 0.5) is 4.79 Å². The number of amides is 3. The van der Waals surface area contributed by atoms with Crippen molar-refractivity contribution in [3.63, 3.8) is 0 Å². The van der Waals surface area contributed by atoms with Crippen molar-refractivity contribution in [3.05, 3.63) is 149 Å². The van der Waals surface area contributed by atoms with E-state index in [1.54, 1.807) is 48.7 Å². The van der Waals surface area contributed by atoms with E-state index in [1.165, 1.54) is 0 Å². The van der Waals surface area contributed by atoms with E-state index in [4.69, 9.17) is 15.0 Å². The summed E-state index contributed by atoms with van der Waals surface area (Å²) in [6, 6.07) is 33.7. The second-order valence-electron chi connectivity index (χ2n) is 13.3. The SMILES string of the molecule is Cc1ccc(-c2cc(CC(CP(=O)(O)[C@H](Cc3ccccc3)NC(=O)OCc3ccccc3)C(=O)N[C@@H](Cc3c[nH]c4ccccc34)C(N)=O)on2)cc1. The van der Waals surface area contributed by atoms with Crippen LogP contribution in [-0.2, 0) is 44.8 Å². The second-order valence-corrected chi connectivity index (χ2v) is 15.8. The Bertz CT molecular complexity index is 2240. The lowest BCUT2D eigenvalue weighted by Gasteiger charge is -2.28. The molecular weight excluding hydrogens is 705 g/mol. The van der Waals surface area contributed by atoms with Gasteiger partial charge in [0.15, 0.2) is 0 Å². The van der Waals surface area contributed by atoms with E-state index >= 15 is 0 Å². The molecule has 0 saturated heterocycles. The van der Waals surface area contributed by atoms with Crippen molar-refractivity contribution in [2.45, 2.75) is 44.6 Å². The van der Waals surface area contributed by atoms with Crippen molar-refractivity contribution in [1.29, 1.82) is 0 Å². The van der Waals surface area contributed by atoms with Crippen molar-refractivity contribution in [3.8, 4) is 11.3 Å². The number of carbonyl (C=O) groups is 3. The number of ether oxygens (including phenoxy) is 1. The van der Waals surface area contributed by atoms with Gasteiger partial charge in [-0.3, -0.25) is 14.2 Å². The normalized spacial score (nSPS) is 14.0. The molecule has 0 spiro atoms. The van der Waals surface area contributed by atoms with E-state index in [1.807, 2.05) is 79.7 Å². The van der Waals surface area contributed by atoms with Gasteiger partial charge in [0.05, 0.1) is 5.92 Å². The van der Waals surface area contributed by atoms with Crippen LogP contribution in [0.3, 0.4) is 0 Å². The molecule has 4 atom stereocenters. The average Bonchev–Trinajstić information content (AvgIpc) is 3.81. The van der Waals surface area contributed by atoms with Crippen LogP contribution in [0.1, 0.15) is 28.0 Å². The van der Waals surface area contributed by atoms with Gasteiger partial charge in [-0.05, 0) is 29.7 Å². The Balaban J connectivity index is 1.26. The number of aromatic nitrogens is 2. The first-order chi connectivity index (χ1) is 26.0. The molecule has 54 heavy (non-hydrogen) atoms. The first kappa shape index (κ1) is 37.8. The van der Waals surface area contributed by atoms with Gasteiger partial charge in [0, 0.05) is 54.2 Å². The molecule has 2 heterocycles. The van der Waals surface area contributed by atoms with Gasteiger partial charge in [0.1, 0.15) is 29.9 Å². The molecule has 13 heteroatoms. The third kappa shape index (κ3) is 9.91. The molecule has 278 valence electrons. The lowest BCUT2D eigenvalue weighted by atomic mass is 10.0. The molecule has 4 aromatic carbocycles. The summed E-state index contributed by atoms with van der Waals surface area (Å²) in [6.45, 7) is 1.92. The quantitative estimate of drug-likeness (QED) is 0.0716. The van der Waals surface area contributed by atoms with Crippen LogP contribution in [0.15, 0.2) is 126 Å². The number of nitrogens with one attached hydrogen (secondary N) is 3. The van der Waals surface area contributed by atoms with Gasteiger partial charge in [-0.2, -0.15) is 0 Å². The highest BCUT2D eigenvalue weighted by Gasteiger charge is 2.39. The number of aromatic amines is 1. The fraction of sp³-hybridized carbons (Fsp3) is 0.220. The molecule has 0 bridgehead atoms. The average molecular weight is 748 g/mol. The van der Waals surface area contributed by atoms with Gasteiger partial charge in [-0.1, -0.05) is 114 Å². The molecular formula is C41H42N5O7P. The van der Waals surface area contributed by atoms with E-state index in [0.717, 1.165) is 33.2 Å². The maximum absolute atomic E-state index is 14.5. The number of benzene rings is 4. The van der Waals surface area contributed by atoms with E-state index in [2.05, 4.69) is 20.8 Å². The molecule has 3 amide bonds. The van der Waals surface area contributed by atoms with Crippen LogP contribution >= 0.6 is 7.37 Å². The van der Waals surface area contributed by atoms with Gasteiger partial charge in [-0.15, -0.1) is 0 Å². The largest absolute Gasteiger partial charge is 0.445 e. The molecule has 0 aliphatic rings. The molecule has 0 aliphatic heterocycles. The van der Waals surface area contributed by atoms with E-state index in [0.29, 0.717) is 11.3 Å². The van der Waals surface area contributed by atoms with E-state index in [9.17, 15) is 23.8 Å². The summed E-state index contributed by atoms with van der Waals surface area (Å²) in [4.78, 5) is 55.0. The number of nitrogens with two attached hydrogens (primary N) is 1. The van der Waals surface area contributed by atoms with Crippen molar-refractivity contribution in [2.24, 2.45) is 11.7 Å². The van der Waals surface area contributed by atoms with Crippen molar-refractivity contribution in [2.75, 3.05) is 6.16 Å². The molecule has 0 saturated carbocycles. The van der Waals surface area contributed by atoms with Gasteiger partial charge in [-0.25, -0.2) is 4.79 Å². The van der Waals surface area contributed by atoms with Crippen LogP contribution in [0.25, 0.3) is 22.2 Å². The fourth-order valence-electron chi connectivity index (χ4n) is 6.26. The number of rotatable bonds is 16. The molecule has 2 unspecified atom stereocenters. The Labute approximate surface area is 312 Å². The highest BCUT2D eigenvalue weighted by atomic mass is 31.2.